The topological polar surface area (TPSA) is 49.4 Å². The zero-order chi connectivity index (χ0) is 17.8. The smallest absolute Gasteiger partial charge is 0.240 e. The Kier molecular flexibility index (Phi) is 5.38. The van der Waals surface area contributed by atoms with E-state index in [1.54, 1.807) is 28.8 Å². The molecule has 1 atom stereocenters. The fourth-order valence-electron chi connectivity index (χ4n) is 2.70. The third-order valence-electron chi connectivity index (χ3n) is 4.04. The van der Waals surface area contributed by atoms with Crippen molar-refractivity contribution in [3.63, 3.8) is 0 Å². The minimum Gasteiger partial charge on any atom is -0.350 e. The lowest BCUT2D eigenvalue weighted by Crippen LogP contribution is -2.46. The van der Waals surface area contributed by atoms with Gasteiger partial charge in [-0.15, -0.1) is 11.8 Å². The van der Waals surface area contributed by atoms with Gasteiger partial charge in [0.15, 0.2) is 0 Å². The second-order valence-electron chi connectivity index (χ2n) is 5.81. The van der Waals surface area contributed by atoms with Crippen molar-refractivity contribution in [3.8, 4) is 0 Å². The predicted octanol–water partition coefficient (Wildman–Crippen LogP) is 3.36. The summed E-state index contributed by atoms with van der Waals surface area (Å²) < 4.78 is 12.9. The average Bonchev–Trinajstić information content (AvgIpc) is 2.63. The van der Waals surface area contributed by atoms with Crippen LogP contribution < -0.4 is 10.2 Å². The molecule has 0 bridgehead atoms. The van der Waals surface area contributed by atoms with E-state index in [2.05, 4.69) is 5.32 Å². The van der Waals surface area contributed by atoms with Crippen molar-refractivity contribution in [2.24, 2.45) is 0 Å². The fourth-order valence-corrected chi connectivity index (χ4v) is 3.86. The van der Waals surface area contributed by atoms with E-state index < -0.39 is 0 Å². The highest BCUT2D eigenvalue weighted by atomic mass is 32.2. The molecule has 0 aliphatic carbocycles. The molecule has 1 unspecified atom stereocenters. The van der Waals surface area contributed by atoms with Crippen LogP contribution >= 0.6 is 11.8 Å². The molecule has 6 heteroatoms. The highest BCUT2D eigenvalue weighted by Crippen LogP contribution is 2.39. The first-order valence-corrected chi connectivity index (χ1v) is 9.04. The van der Waals surface area contributed by atoms with Gasteiger partial charge in [0.05, 0.1) is 10.9 Å². The normalized spacial score (nSPS) is 16.5. The van der Waals surface area contributed by atoms with Crippen LogP contribution in [0.3, 0.4) is 0 Å². The molecule has 2 aromatic carbocycles. The maximum Gasteiger partial charge on any atom is 0.240 e. The molecule has 0 fully saturated rings. The summed E-state index contributed by atoms with van der Waals surface area (Å²) in [5.74, 6) is -0.592. The van der Waals surface area contributed by atoms with Gasteiger partial charge >= 0.3 is 0 Å². The van der Waals surface area contributed by atoms with Gasteiger partial charge < -0.3 is 10.2 Å². The van der Waals surface area contributed by atoms with Crippen LogP contribution in [0.1, 0.15) is 18.9 Å². The van der Waals surface area contributed by atoms with Gasteiger partial charge in [-0.25, -0.2) is 4.39 Å². The van der Waals surface area contributed by atoms with Crippen LogP contribution in [0.15, 0.2) is 53.4 Å². The van der Waals surface area contributed by atoms with Crippen molar-refractivity contribution in [1.29, 1.82) is 0 Å². The van der Waals surface area contributed by atoms with E-state index in [9.17, 15) is 14.0 Å². The second-order valence-corrected chi connectivity index (χ2v) is 7.05. The molecule has 2 aromatic rings. The van der Waals surface area contributed by atoms with Gasteiger partial charge in [-0.2, -0.15) is 0 Å². The number of hydrogen-bond acceptors (Lipinski definition) is 3. The number of anilines is 1. The van der Waals surface area contributed by atoms with Gasteiger partial charge in [-0.05, 0) is 36.2 Å². The molecule has 0 saturated heterocycles. The number of carbonyl (C=O) groups excluding carboxylic acids is 2. The number of rotatable bonds is 5. The molecule has 4 nitrogen and oxygen atoms in total. The molecular weight excluding hydrogens is 339 g/mol. The van der Waals surface area contributed by atoms with Gasteiger partial charge in [-0.3, -0.25) is 9.59 Å². The van der Waals surface area contributed by atoms with Crippen LogP contribution in [-0.4, -0.2) is 23.6 Å². The summed E-state index contributed by atoms with van der Waals surface area (Å²) in [7, 11) is 0. The Balaban J connectivity index is 1.69. The van der Waals surface area contributed by atoms with Gasteiger partial charge in [0, 0.05) is 11.4 Å². The van der Waals surface area contributed by atoms with Crippen LogP contribution in [0.4, 0.5) is 10.1 Å². The van der Waals surface area contributed by atoms with Gasteiger partial charge in [0.1, 0.15) is 12.4 Å². The van der Waals surface area contributed by atoms with Crippen molar-refractivity contribution in [3.05, 3.63) is 59.9 Å². The van der Waals surface area contributed by atoms with Crippen LogP contribution in [0, 0.1) is 5.82 Å². The molecule has 0 aromatic heterocycles. The average molecular weight is 358 g/mol. The highest BCUT2D eigenvalue weighted by Gasteiger charge is 2.33. The Labute approximate surface area is 150 Å². The first-order chi connectivity index (χ1) is 12.1. The monoisotopic (exact) mass is 358 g/mol. The minimum absolute atomic E-state index is 0.0197. The number of nitrogens with zero attached hydrogens (tertiary/aromatic N) is 1. The fraction of sp³-hybridized carbons (Fsp3) is 0.263. The van der Waals surface area contributed by atoms with Crippen molar-refractivity contribution in [2.75, 3.05) is 11.4 Å². The molecule has 3 rings (SSSR count). The third kappa shape index (κ3) is 4.02. The highest BCUT2D eigenvalue weighted by molar-refractivity contribution is 8.01. The van der Waals surface area contributed by atoms with Crippen LogP contribution in [0.2, 0.25) is 0 Å². The lowest BCUT2D eigenvalue weighted by molar-refractivity contribution is -0.123. The predicted molar refractivity (Wildman–Crippen MR) is 97.0 cm³/mol. The molecule has 25 heavy (non-hydrogen) atoms. The lowest BCUT2D eigenvalue weighted by atomic mass is 10.2. The third-order valence-corrected chi connectivity index (χ3v) is 5.46. The van der Waals surface area contributed by atoms with E-state index in [0.29, 0.717) is 13.0 Å². The number of carbonyl (C=O) groups is 2. The van der Waals surface area contributed by atoms with Crippen molar-refractivity contribution in [1.82, 2.24) is 5.32 Å². The Hall–Kier alpha value is -2.34. The summed E-state index contributed by atoms with van der Waals surface area (Å²) >= 11 is 1.55. The first-order valence-electron chi connectivity index (χ1n) is 8.16. The van der Waals surface area contributed by atoms with Crippen LogP contribution in [-0.2, 0) is 16.1 Å². The maximum atomic E-state index is 12.9. The zero-order valence-electron chi connectivity index (χ0n) is 13.9. The molecule has 2 amide bonds. The van der Waals surface area contributed by atoms with Gasteiger partial charge in [0.25, 0.3) is 0 Å². The standard InChI is InChI=1S/C19H19FN2O2S/c1-2-16-19(24)22(15-5-3-4-6-17(15)25-16)12-18(23)21-11-13-7-9-14(20)10-8-13/h3-10,16H,2,11-12H2,1H3,(H,21,23). The van der Waals surface area contributed by atoms with E-state index in [0.717, 1.165) is 16.1 Å². The molecule has 0 radical (unpaired) electrons. The maximum absolute atomic E-state index is 12.9. The van der Waals surface area contributed by atoms with E-state index in [1.807, 2.05) is 31.2 Å². The van der Waals surface area contributed by atoms with E-state index in [4.69, 9.17) is 0 Å². The second kappa shape index (κ2) is 7.70. The van der Waals surface area contributed by atoms with Crippen LogP contribution in [0.5, 0.6) is 0 Å². The number of amides is 2. The van der Waals surface area contributed by atoms with Crippen LogP contribution in [0.25, 0.3) is 0 Å². The Morgan fingerprint density at radius 2 is 1.92 bits per heavy atom. The molecular formula is C19H19FN2O2S. The number of nitrogens with one attached hydrogen (secondary N) is 1. The summed E-state index contributed by atoms with van der Waals surface area (Å²) in [5, 5.41) is 2.62. The largest absolute Gasteiger partial charge is 0.350 e. The number of para-hydroxylation sites is 1. The Morgan fingerprint density at radius 1 is 1.20 bits per heavy atom. The number of hydrogen-bond donors (Lipinski definition) is 1. The van der Waals surface area contributed by atoms with Crippen molar-refractivity contribution < 1.29 is 14.0 Å². The molecule has 130 valence electrons. The van der Waals surface area contributed by atoms with E-state index >= 15 is 0 Å². The van der Waals surface area contributed by atoms with Gasteiger partial charge in [-0.1, -0.05) is 31.2 Å². The van der Waals surface area contributed by atoms with Gasteiger partial charge in [0.2, 0.25) is 11.8 Å². The summed E-state index contributed by atoms with van der Waals surface area (Å²) in [6.07, 6.45) is 0.714. The van der Waals surface area contributed by atoms with E-state index in [1.165, 1.54) is 12.1 Å². The summed E-state index contributed by atoms with van der Waals surface area (Å²) in [6, 6.07) is 13.6. The van der Waals surface area contributed by atoms with Crippen molar-refractivity contribution >= 4 is 29.3 Å². The zero-order valence-corrected chi connectivity index (χ0v) is 14.7. The quantitative estimate of drug-likeness (QED) is 0.892. The van der Waals surface area contributed by atoms with Crippen molar-refractivity contribution in [2.45, 2.75) is 30.0 Å². The molecule has 1 aliphatic rings. The molecule has 0 spiro atoms. The molecule has 0 saturated carbocycles. The lowest BCUT2D eigenvalue weighted by Gasteiger charge is -2.32. The molecule has 1 N–H and O–H groups in total. The SMILES string of the molecule is CCC1Sc2ccccc2N(CC(=O)NCc2ccc(F)cc2)C1=O. The summed E-state index contributed by atoms with van der Waals surface area (Å²) in [5.41, 5.74) is 1.58. The molecule has 1 heterocycles. The first kappa shape index (κ1) is 17.5. The number of thioether (sulfide) groups is 1. The number of benzene rings is 2. The summed E-state index contributed by atoms with van der Waals surface area (Å²) in [6.45, 7) is 2.25. The molecule has 1 aliphatic heterocycles. The minimum atomic E-state index is -0.311. The Bertz CT molecular complexity index is 779. The number of fused-ring (bicyclic) bond motifs is 1. The summed E-state index contributed by atoms with van der Waals surface area (Å²) in [4.78, 5) is 27.5. The number of halogens is 1. The van der Waals surface area contributed by atoms with E-state index in [-0.39, 0.29) is 29.4 Å². The Morgan fingerprint density at radius 3 is 2.64 bits per heavy atom.